The van der Waals surface area contributed by atoms with E-state index >= 15 is 0 Å². The number of phenols is 1. The molecule has 0 saturated carbocycles. The number of benzene rings is 3. The van der Waals surface area contributed by atoms with Gasteiger partial charge in [-0.2, -0.15) is 0 Å². The molecule has 1 atom stereocenters. The van der Waals surface area contributed by atoms with Gasteiger partial charge >= 0.3 is 5.97 Å². The van der Waals surface area contributed by atoms with Gasteiger partial charge in [-0.25, -0.2) is 4.79 Å². The van der Waals surface area contributed by atoms with Gasteiger partial charge in [-0.1, -0.05) is 50.6 Å². The lowest BCUT2D eigenvalue weighted by Gasteiger charge is -2.17. The number of ether oxygens (including phenoxy) is 2. The van der Waals surface area contributed by atoms with E-state index in [0.29, 0.717) is 55.1 Å². The Morgan fingerprint density at radius 1 is 1.00 bits per heavy atom. The molecule has 218 valence electrons. The Morgan fingerprint density at radius 2 is 1.73 bits per heavy atom. The van der Waals surface area contributed by atoms with Crippen LogP contribution in [0.15, 0.2) is 60.7 Å². The zero-order valence-corrected chi connectivity index (χ0v) is 24.1. The molecule has 0 aliphatic carbocycles. The third kappa shape index (κ3) is 8.85. The van der Waals surface area contributed by atoms with E-state index in [9.17, 15) is 19.8 Å². The third-order valence-electron chi connectivity index (χ3n) is 6.46. The summed E-state index contributed by atoms with van der Waals surface area (Å²) >= 11 is 0. The summed E-state index contributed by atoms with van der Waals surface area (Å²) in [6, 6.07) is 18.7. The first kappa shape index (κ1) is 31.2. The van der Waals surface area contributed by atoms with Gasteiger partial charge in [0.15, 0.2) is 11.9 Å². The molecule has 3 N–H and O–H groups in total. The molecule has 0 aromatic heterocycles. The molecule has 0 radical (unpaired) electrons. The smallest absolute Gasteiger partial charge is 0.344 e. The van der Waals surface area contributed by atoms with Crippen molar-refractivity contribution in [2.75, 3.05) is 13.2 Å². The number of aliphatic carboxylic acids is 1. The maximum atomic E-state index is 11.8. The molecule has 0 bridgehead atoms. The maximum Gasteiger partial charge on any atom is 0.344 e. The zero-order valence-electron chi connectivity index (χ0n) is 24.1. The van der Waals surface area contributed by atoms with Crippen molar-refractivity contribution in [2.24, 2.45) is 0 Å². The van der Waals surface area contributed by atoms with E-state index in [1.54, 1.807) is 25.1 Å². The highest BCUT2D eigenvalue weighted by atomic mass is 16.6. The second kappa shape index (κ2) is 15.5. The number of hydrogen-bond acceptors (Lipinski definition) is 7. The van der Waals surface area contributed by atoms with Crippen LogP contribution in [0, 0.1) is 6.92 Å². The van der Waals surface area contributed by atoms with Gasteiger partial charge in [-0.05, 0) is 74.2 Å². The lowest BCUT2D eigenvalue weighted by Crippen LogP contribution is -2.26. The van der Waals surface area contributed by atoms with E-state index in [-0.39, 0.29) is 11.5 Å². The summed E-state index contributed by atoms with van der Waals surface area (Å²) in [7, 11) is 0. The van der Waals surface area contributed by atoms with Crippen molar-refractivity contribution in [1.82, 2.24) is 5.48 Å². The highest BCUT2D eigenvalue weighted by Crippen LogP contribution is 2.33. The molecule has 0 spiro atoms. The molecule has 3 rings (SSSR count). The van der Waals surface area contributed by atoms with E-state index in [1.165, 1.54) is 6.92 Å². The molecule has 8 nitrogen and oxygen atoms in total. The molecule has 0 fully saturated rings. The first-order valence-corrected chi connectivity index (χ1v) is 13.9. The summed E-state index contributed by atoms with van der Waals surface area (Å²) in [6.45, 7) is 7.80. The molecule has 0 amide bonds. The number of carbonyl (C=O) groups excluding carboxylic acids is 1. The summed E-state index contributed by atoms with van der Waals surface area (Å²) < 4.78 is 11.6. The van der Waals surface area contributed by atoms with Crippen LogP contribution in [0.3, 0.4) is 0 Å². The van der Waals surface area contributed by atoms with Gasteiger partial charge in [0.1, 0.15) is 17.2 Å². The molecule has 8 heteroatoms. The zero-order chi connectivity index (χ0) is 29.8. The SMILES string of the molecule is CCCc1c(OCCCONC(=Cc2ccccc2)c2ccc(OC(CC)C(=O)O)c(C)c2)ccc(C(C)=O)c1O. The molecule has 0 heterocycles. The van der Waals surface area contributed by atoms with Gasteiger partial charge in [-0.15, -0.1) is 0 Å². The number of hydrogen-bond donors (Lipinski definition) is 3. The number of ketones is 1. The predicted molar refractivity (Wildman–Crippen MR) is 159 cm³/mol. The van der Waals surface area contributed by atoms with Gasteiger partial charge in [0.05, 0.1) is 24.5 Å². The number of nitrogens with one attached hydrogen (secondary N) is 1. The molecule has 3 aromatic carbocycles. The van der Waals surface area contributed by atoms with Crippen LogP contribution in [0.2, 0.25) is 0 Å². The van der Waals surface area contributed by atoms with Crippen LogP contribution >= 0.6 is 0 Å². The summed E-state index contributed by atoms with van der Waals surface area (Å²) in [4.78, 5) is 29.0. The Hall–Kier alpha value is -4.30. The molecule has 0 saturated heterocycles. The number of rotatable bonds is 16. The average Bonchev–Trinajstić information content (AvgIpc) is 2.95. The summed E-state index contributed by atoms with van der Waals surface area (Å²) in [6.07, 6.45) is 3.41. The van der Waals surface area contributed by atoms with Crippen LogP contribution in [-0.4, -0.2) is 41.3 Å². The minimum Gasteiger partial charge on any atom is -0.507 e. The van der Waals surface area contributed by atoms with Crippen molar-refractivity contribution in [3.63, 3.8) is 0 Å². The molecule has 1 unspecified atom stereocenters. The summed E-state index contributed by atoms with van der Waals surface area (Å²) in [5, 5.41) is 19.9. The van der Waals surface area contributed by atoms with Crippen molar-refractivity contribution in [1.29, 1.82) is 0 Å². The number of carboxylic acids is 1. The quantitative estimate of drug-likeness (QED) is 0.0777. The average molecular weight is 562 g/mol. The van der Waals surface area contributed by atoms with Gasteiger partial charge < -0.3 is 19.7 Å². The standard InChI is InChI=1S/C33H39NO7/c1-5-11-27-31(17-15-26(23(4)35)32(27)36)39-18-10-19-40-34-28(21-24-12-8-7-9-13-24)25-14-16-30(22(3)20-25)41-29(6-2)33(37)38/h7-9,12-17,20-21,29,34,36H,5-6,10-11,18-19H2,1-4H3,(H,37,38). The minimum atomic E-state index is -0.994. The molecule has 41 heavy (non-hydrogen) atoms. The molecule has 0 aliphatic heterocycles. The fraction of sp³-hybridized carbons (Fsp3) is 0.333. The summed E-state index contributed by atoms with van der Waals surface area (Å²) in [5.41, 5.74) is 7.36. The fourth-order valence-corrected chi connectivity index (χ4v) is 4.27. The highest BCUT2D eigenvalue weighted by Gasteiger charge is 2.18. The Balaban J connectivity index is 1.65. The van der Waals surface area contributed by atoms with E-state index in [1.807, 2.05) is 62.4 Å². The Kier molecular flexibility index (Phi) is 11.8. The lowest BCUT2D eigenvalue weighted by atomic mass is 10.0. The first-order valence-electron chi connectivity index (χ1n) is 13.9. The van der Waals surface area contributed by atoms with Crippen molar-refractivity contribution in [3.8, 4) is 17.2 Å². The Bertz CT molecular complexity index is 1350. The van der Waals surface area contributed by atoms with Crippen LogP contribution in [0.25, 0.3) is 11.8 Å². The number of hydroxylamine groups is 1. The normalized spacial score (nSPS) is 12.0. The first-order chi connectivity index (χ1) is 19.7. The number of aryl methyl sites for hydroxylation is 1. The van der Waals surface area contributed by atoms with Gasteiger partial charge in [-0.3, -0.25) is 15.1 Å². The largest absolute Gasteiger partial charge is 0.507 e. The predicted octanol–water partition coefficient (Wildman–Crippen LogP) is 6.59. The molecule has 3 aromatic rings. The van der Waals surface area contributed by atoms with E-state index < -0.39 is 12.1 Å². The van der Waals surface area contributed by atoms with Crippen molar-refractivity contribution < 1.29 is 34.1 Å². The van der Waals surface area contributed by atoms with E-state index in [0.717, 1.165) is 28.8 Å². The number of aromatic hydroxyl groups is 1. The van der Waals surface area contributed by atoms with Crippen LogP contribution in [0.1, 0.15) is 72.6 Å². The summed E-state index contributed by atoms with van der Waals surface area (Å²) in [5.74, 6) is -0.104. The monoisotopic (exact) mass is 561 g/mol. The lowest BCUT2D eigenvalue weighted by molar-refractivity contribution is -0.145. The molecular formula is C33H39NO7. The van der Waals surface area contributed by atoms with Crippen LogP contribution in [0.5, 0.6) is 17.2 Å². The van der Waals surface area contributed by atoms with Gasteiger partial charge in [0, 0.05) is 17.5 Å². The third-order valence-corrected chi connectivity index (χ3v) is 6.46. The van der Waals surface area contributed by atoms with Crippen LogP contribution in [-0.2, 0) is 16.1 Å². The second-order valence-corrected chi connectivity index (χ2v) is 9.70. The number of carboxylic acid groups (broad SMARTS) is 1. The van der Waals surface area contributed by atoms with E-state index in [2.05, 4.69) is 5.48 Å². The fourth-order valence-electron chi connectivity index (χ4n) is 4.27. The topological polar surface area (TPSA) is 114 Å². The Labute approximate surface area is 241 Å². The maximum absolute atomic E-state index is 11.8. The van der Waals surface area contributed by atoms with Gasteiger partial charge in [0.2, 0.25) is 0 Å². The Morgan fingerprint density at radius 3 is 2.37 bits per heavy atom. The second-order valence-electron chi connectivity index (χ2n) is 9.70. The van der Waals surface area contributed by atoms with Crippen LogP contribution in [0.4, 0.5) is 0 Å². The highest BCUT2D eigenvalue weighted by molar-refractivity contribution is 5.97. The van der Waals surface area contributed by atoms with E-state index in [4.69, 9.17) is 14.3 Å². The van der Waals surface area contributed by atoms with Crippen LogP contribution < -0.4 is 15.0 Å². The van der Waals surface area contributed by atoms with Crippen molar-refractivity contribution >= 4 is 23.5 Å². The van der Waals surface area contributed by atoms with Crippen molar-refractivity contribution in [3.05, 3.63) is 88.5 Å². The number of phenolic OH excluding ortho intramolecular Hbond substituents is 1. The minimum absolute atomic E-state index is 0.00894. The van der Waals surface area contributed by atoms with Crippen molar-refractivity contribution in [2.45, 2.75) is 59.5 Å². The molecular weight excluding hydrogens is 522 g/mol. The molecule has 0 aliphatic rings. The van der Waals surface area contributed by atoms with Gasteiger partial charge in [0.25, 0.3) is 0 Å². The number of Topliss-reactive ketones (excluding diaryl/α,β-unsaturated/α-hetero) is 1. The number of carbonyl (C=O) groups is 2.